The lowest BCUT2D eigenvalue weighted by molar-refractivity contribution is -0.107. The van der Waals surface area contributed by atoms with Crippen LogP contribution in [-0.4, -0.2) is 32.0 Å². The maximum absolute atomic E-state index is 9.76. The maximum Gasteiger partial charge on any atom is 0.120 e. The van der Waals surface area contributed by atoms with Crippen molar-refractivity contribution in [2.75, 3.05) is 25.5 Å². The lowest BCUT2D eigenvalue weighted by atomic mass is 9.94. The van der Waals surface area contributed by atoms with Crippen molar-refractivity contribution in [2.24, 2.45) is 0 Å². The van der Waals surface area contributed by atoms with Gasteiger partial charge in [0.1, 0.15) is 6.29 Å². The molecule has 4 heteroatoms. The minimum absolute atomic E-state index is 0.236. The number of carbonyl (C=O) groups is 1. The van der Waals surface area contributed by atoms with E-state index in [0.29, 0.717) is 12.8 Å². The molecule has 1 aliphatic carbocycles. The number of benzene rings is 1. The molecule has 4 nitrogen and oxygen atoms in total. The van der Waals surface area contributed by atoms with Crippen LogP contribution in [0.25, 0.3) is 6.08 Å². The average molecular weight is 465 g/mol. The molecule has 1 heterocycles. The number of nitrogens with zero attached hydrogens (tertiary/aromatic N) is 1. The minimum Gasteiger partial charge on any atom is -0.513 e. The van der Waals surface area contributed by atoms with Crippen LogP contribution in [0.15, 0.2) is 90.9 Å². The molecule has 0 fully saturated rings. The summed E-state index contributed by atoms with van der Waals surface area (Å²) in [7, 11) is 3.98. The van der Waals surface area contributed by atoms with E-state index < -0.39 is 0 Å². The number of likely N-dealkylation sites (N-methyl/N-ethyl adjacent to an activating group) is 1. The summed E-state index contributed by atoms with van der Waals surface area (Å²) in [5.74, 6) is 0.236. The van der Waals surface area contributed by atoms with Gasteiger partial charge >= 0.3 is 0 Å². The second-order valence-electron chi connectivity index (χ2n) is 7.70. The summed E-state index contributed by atoms with van der Waals surface area (Å²) in [4.78, 5) is 12.1. The van der Waals surface area contributed by atoms with Crippen molar-refractivity contribution in [1.29, 1.82) is 0 Å². The third-order valence-electron chi connectivity index (χ3n) is 5.09. The van der Waals surface area contributed by atoms with Crippen molar-refractivity contribution >= 4 is 18.0 Å². The standard InChI is InChI=1S/C16H17N.C6H11NO.C6H10O.C2H6/c1-17-12-15-8-3-2-6-13(15)10-11-14-7-4-5-9-16(14)17;1-6(7-2)4-3-5-8;1-3-4-5-6(2)7;1-2/h2,4-7,9-11H,3,8,12H2,1H3;5,7H,1,3-4H2,2H3;3,7H,1-2,4-5H2;1-2H3/b11-10-;;;. The molecule has 1 aromatic carbocycles. The van der Waals surface area contributed by atoms with Crippen molar-refractivity contribution in [2.45, 2.75) is 52.4 Å². The summed E-state index contributed by atoms with van der Waals surface area (Å²) >= 11 is 0. The van der Waals surface area contributed by atoms with Crippen molar-refractivity contribution in [3.8, 4) is 0 Å². The minimum atomic E-state index is 0.236. The average Bonchev–Trinajstić information content (AvgIpc) is 2.86. The van der Waals surface area contributed by atoms with E-state index in [1.165, 1.54) is 29.7 Å². The first-order chi connectivity index (χ1) is 16.4. The Hall–Kier alpha value is -3.27. The van der Waals surface area contributed by atoms with Crippen LogP contribution >= 0.6 is 0 Å². The van der Waals surface area contributed by atoms with Crippen LogP contribution in [0.3, 0.4) is 0 Å². The summed E-state index contributed by atoms with van der Waals surface area (Å²) in [5.41, 5.74) is 6.50. The zero-order chi connectivity index (χ0) is 25.8. The van der Waals surface area contributed by atoms with Crippen molar-refractivity contribution in [1.82, 2.24) is 5.32 Å². The normalized spacial score (nSPS) is 13.9. The molecule has 1 aromatic rings. The Labute approximate surface area is 207 Å². The highest BCUT2D eigenvalue weighted by molar-refractivity contribution is 5.71. The van der Waals surface area contributed by atoms with Gasteiger partial charge in [0.05, 0.1) is 5.76 Å². The van der Waals surface area contributed by atoms with Crippen molar-refractivity contribution in [3.05, 3.63) is 96.5 Å². The molecule has 0 saturated heterocycles. The Morgan fingerprint density at radius 3 is 2.41 bits per heavy atom. The molecule has 0 atom stereocenters. The molecule has 0 spiro atoms. The number of aliphatic hydroxyl groups is 1. The van der Waals surface area contributed by atoms with Crippen molar-refractivity contribution < 1.29 is 9.90 Å². The number of anilines is 1. The van der Waals surface area contributed by atoms with Gasteiger partial charge in [0, 0.05) is 44.9 Å². The van der Waals surface area contributed by atoms with Gasteiger partial charge in [-0.15, -0.1) is 6.58 Å². The molecule has 2 aliphatic rings. The molecule has 1 aliphatic heterocycles. The van der Waals surface area contributed by atoms with Gasteiger partial charge in [-0.1, -0.05) is 75.6 Å². The predicted octanol–water partition coefficient (Wildman–Crippen LogP) is 7.55. The first kappa shape index (κ1) is 30.7. The topological polar surface area (TPSA) is 52.6 Å². The van der Waals surface area contributed by atoms with E-state index in [0.717, 1.165) is 31.4 Å². The van der Waals surface area contributed by atoms with Gasteiger partial charge in [-0.25, -0.2) is 0 Å². The fraction of sp³-hybridized carbons (Fsp3) is 0.367. The summed E-state index contributed by atoms with van der Waals surface area (Å²) in [6.07, 6.45) is 16.8. The number of para-hydroxylation sites is 1. The SMILES string of the molecule is C=C(CCC=O)NC.C=CCCC(=C)O.CC.CN1CC2=C(C=CCC2)/C=C\c2ccccc21. The molecular formula is C30H44N2O2. The van der Waals surface area contributed by atoms with E-state index >= 15 is 0 Å². The van der Waals surface area contributed by atoms with E-state index in [1.54, 1.807) is 18.7 Å². The maximum atomic E-state index is 9.76. The third kappa shape index (κ3) is 12.7. The smallest absolute Gasteiger partial charge is 0.120 e. The summed E-state index contributed by atoms with van der Waals surface area (Å²) < 4.78 is 0. The van der Waals surface area contributed by atoms with Crippen LogP contribution in [0.4, 0.5) is 5.69 Å². The molecule has 0 saturated carbocycles. The Bertz CT molecular complexity index is 862. The zero-order valence-corrected chi connectivity index (χ0v) is 21.6. The zero-order valence-electron chi connectivity index (χ0n) is 21.6. The van der Waals surface area contributed by atoms with Crippen LogP contribution in [0, 0.1) is 0 Å². The molecule has 186 valence electrons. The van der Waals surface area contributed by atoms with Gasteiger partial charge in [0.25, 0.3) is 0 Å². The summed E-state index contributed by atoms with van der Waals surface area (Å²) in [6, 6.07) is 8.59. The number of aliphatic hydroxyl groups excluding tert-OH is 1. The number of rotatable bonds is 7. The fourth-order valence-corrected chi connectivity index (χ4v) is 3.23. The molecule has 0 bridgehead atoms. The van der Waals surface area contributed by atoms with Crippen LogP contribution in [-0.2, 0) is 4.79 Å². The molecule has 0 aromatic heterocycles. The highest BCUT2D eigenvalue weighted by atomic mass is 16.3. The third-order valence-corrected chi connectivity index (χ3v) is 5.09. The highest BCUT2D eigenvalue weighted by Gasteiger charge is 2.13. The van der Waals surface area contributed by atoms with Crippen molar-refractivity contribution in [3.63, 3.8) is 0 Å². The number of fused-ring (bicyclic) bond motifs is 1. The lowest BCUT2D eigenvalue weighted by Gasteiger charge is -2.26. The Morgan fingerprint density at radius 1 is 1.12 bits per heavy atom. The number of aldehydes is 1. The Morgan fingerprint density at radius 2 is 1.82 bits per heavy atom. The van der Waals surface area contributed by atoms with Gasteiger partial charge in [-0.2, -0.15) is 0 Å². The molecule has 0 amide bonds. The number of allylic oxidation sites excluding steroid dienone is 7. The fourth-order valence-electron chi connectivity index (χ4n) is 3.23. The quantitative estimate of drug-likeness (QED) is 0.248. The molecule has 2 N–H and O–H groups in total. The largest absolute Gasteiger partial charge is 0.513 e. The van der Waals surface area contributed by atoms with Crippen LogP contribution in [0.1, 0.15) is 57.9 Å². The first-order valence-electron chi connectivity index (χ1n) is 12.1. The number of hydrogen-bond acceptors (Lipinski definition) is 4. The molecule has 0 radical (unpaired) electrons. The Balaban J connectivity index is 0.000000541. The molecule has 34 heavy (non-hydrogen) atoms. The van der Waals surface area contributed by atoms with Crippen LogP contribution in [0.2, 0.25) is 0 Å². The predicted molar refractivity (Wildman–Crippen MR) is 150 cm³/mol. The van der Waals surface area contributed by atoms with E-state index in [9.17, 15) is 4.79 Å². The number of carbonyl (C=O) groups excluding carboxylic acids is 1. The van der Waals surface area contributed by atoms with Gasteiger partial charge in [0.2, 0.25) is 0 Å². The number of nitrogens with one attached hydrogen (secondary N) is 1. The number of hydrogen-bond donors (Lipinski definition) is 2. The van der Waals surface area contributed by atoms with E-state index in [1.807, 2.05) is 13.8 Å². The second kappa shape index (κ2) is 19.2. The Kier molecular flexibility index (Phi) is 17.4. The van der Waals surface area contributed by atoms with Gasteiger partial charge in [-0.3, -0.25) is 0 Å². The van der Waals surface area contributed by atoms with Crippen LogP contribution in [0.5, 0.6) is 0 Å². The van der Waals surface area contributed by atoms with Crippen LogP contribution < -0.4 is 10.2 Å². The summed E-state index contributed by atoms with van der Waals surface area (Å²) in [5, 5.41) is 11.3. The van der Waals surface area contributed by atoms with E-state index in [-0.39, 0.29) is 5.76 Å². The van der Waals surface area contributed by atoms with Gasteiger partial charge < -0.3 is 20.1 Å². The first-order valence-corrected chi connectivity index (χ1v) is 12.1. The van der Waals surface area contributed by atoms with Gasteiger partial charge in [-0.05, 0) is 48.5 Å². The molecular weight excluding hydrogens is 420 g/mol. The summed E-state index contributed by atoms with van der Waals surface area (Å²) in [6.45, 7) is 15.5. The highest BCUT2D eigenvalue weighted by Crippen LogP contribution is 2.29. The lowest BCUT2D eigenvalue weighted by Crippen LogP contribution is -2.23. The van der Waals surface area contributed by atoms with E-state index in [4.69, 9.17) is 5.11 Å². The van der Waals surface area contributed by atoms with E-state index in [2.05, 4.69) is 85.6 Å². The monoisotopic (exact) mass is 464 g/mol. The van der Waals surface area contributed by atoms with Gasteiger partial charge in [0.15, 0.2) is 0 Å². The second-order valence-corrected chi connectivity index (χ2v) is 7.70. The molecule has 3 rings (SSSR count). The molecule has 0 unspecified atom stereocenters.